The van der Waals surface area contributed by atoms with E-state index in [0.717, 1.165) is 18.4 Å². The Labute approximate surface area is 93.2 Å². The SMILES string of the molecule is COc1c(Cl)cc(F)cc1C1(CN)CC1. The van der Waals surface area contributed by atoms with Crippen LogP contribution in [0.25, 0.3) is 0 Å². The van der Waals surface area contributed by atoms with E-state index >= 15 is 0 Å². The molecule has 4 heteroatoms. The molecule has 1 fully saturated rings. The van der Waals surface area contributed by atoms with Crippen molar-refractivity contribution in [2.24, 2.45) is 5.73 Å². The molecule has 0 saturated heterocycles. The lowest BCUT2D eigenvalue weighted by molar-refractivity contribution is 0.403. The van der Waals surface area contributed by atoms with Gasteiger partial charge in [-0.2, -0.15) is 0 Å². The van der Waals surface area contributed by atoms with Crippen molar-refractivity contribution in [1.29, 1.82) is 0 Å². The van der Waals surface area contributed by atoms with Gasteiger partial charge in [0, 0.05) is 17.5 Å². The lowest BCUT2D eigenvalue weighted by atomic mass is 9.95. The Morgan fingerprint density at radius 1 is 1.53 bits per heavy atom. The first kappa shape index (κ1) is 10.7. The van der Waals surface area contributed by atoms with Gasteiger partial charge in [-0.3, -0.25) is 0 Å². The average Bonchev–Trinajstić information content (AvgIpc) is 2.97. The van der Waals surface area contributed by atoms with Crippen LogP contribution in [-0.4, -0.2) is 13.7 Å². The zero-order chi connectivity index (χ0) is 11.1. The molecule has 0 heterocycles. The fourth-order valence-electron chi connectivity index (χ4n) is 1.90. The maximum absolute atomic E-state index is 13.3. The van der Waals surface area contributed by atoms with Gasteiger partial charge in [-0.25, -0.2) is 4.39 Å². The molecule has 2 nitrogen and oxygen atoms in total. The Balaban J connectivity index is 2.54. The van der Waals surface area contributed by atoms with Crippen LogP contribution >= 0.6 is 11.6 Å². The third-order valence-corrected chi connectivity index (χ3v) is 3.31. The summed E-state index contributed by atoms with van der Waals surface area (Å²) in [5.41, 5.74) is 6.39. The summed E-state index contributed by atoms with van der Waals surface area (Å²) in [6, 6.07) is 2.74. The normalized spacial score (nSPS) is 17.6. The first-order valence-electron chi connectivity index (χ1n) is 4.86. The Hall–Kier alpha value is -0.800. The summed E-state index contributed by atoms with van der Waals surface area (Å²) >= 11 is 5.92. The van der Waals surface area contributed by atoms with Crippen LogP contribution < -0.4 is 10.5 Å². The first-order chi connectivity index (χ1) is 7.13. The standard InChI is InChI=1S/C11H13ClFNO/c1-15-10-8(11(6-14)2-3-11)4-7(13)5-9(10)12/h4-5H,2-3,6,14H2,1H3. The van der Waals surface area contributed by atoms with Gasteiger partial charge in [0.15, 0.2) is 0 Å². The smallest absolute Gasteiger partial charge is 0.141 e. The number of hydrogen-bond donors (Lipinski definition) is 1. The molecule has 2 N–H and O–H groups in total. The molecule has 82 valence electrons. The zero-order valence-electron chi connectivity index (χ0n) is 8.52. The molecule has 0 aromatic heterocycles. The number of halogens is 2. The van der Waals surface area contributed by atoms with E-state index in [4.69, 9.17) is 22.1 Å². The minimum Gasteiger partial charge on any atom is -0.495 e. The molecular formula is C11H13ClFNO. The van der Waals surface area contributed by atoms with Gasteiger partial charge in [-0.05, 0) is 25.0 Å². The lowest BCUT2D eigenvalue weighted by Gasteiger charge is -2.17. The average molecular weight is 230 g/mol. The van der Waals surface area contributed by atoms with Crippen LogP contribution in [0.15, 0.2) is 12.1 Å². The Kier molecular flexibility index (Phi) is 2.61. The molecular weight excluding hydrogens is 217 g/mol. The Morgan fingerprint density at radius 2 is 2.20 bits per heavy atom. The lowest BCUT2D eigenvalue weighted by Crippen LogP contribution is -2.20. The van der Waals surface area contributed by atoms with Gasteiger partial charge in [-0.15, -0.1) is 0 Å². The van der Waals surface area contributed by atoms with Crippen LogP contribution in [0.3, 0.4) is 0 Å². The van der Waals surface area contributed by atoms with Gasteiger partial charge in [0.25, 0.3) is 0 Å². The van der Waals surface area contributed by atoms with Crippen molar-refractivity contribution in [3.05, 3.63) is 28.5 Å². The molecule has 1 saturated carbocycles. The maximum atomic E-state index is 13.3. The second kappa shape index (κ2) is 3.65. The second-order valence-corrected chi connectivity index (χ2v) is 4.36. The number of benzene rings is 1. The van der Waals surface area contributed by atoms with Crippen molar-refractivity contribution in [1.82, 2.24) is 0 Å². The summed E-state index contributed by atoms with van der Waals surface area (Å²) in [5, 5.41) is 0.312. The minimum absolute atomic E-state index is 0.114. The highest BCUT2D eigenvalue weighted by molar-refractivity contribution is 6.32. The highest BCUT2D eigenvalue weighted by Gasteiger charge is 2.45. The number of rotatable bonds is 3. The highest BCUT2D eigenvalue weighted by Crippen LogP contribution is 2.52. The third-order valence-electron chi connectivity index (χ3n) is 3.03. The van der Waals surface area contributed by atoms with E-state index in [9.17, 15) is 4.39 Å². The summed E-state index contributed by atoms with van der Waals surface area (Å²) in [6.45, 7) is 0.503. The molecule has 0 aliphatic heterocycles. The van der Waals surface area contributed by atoms with E-state index < -0.39 is 0 Å². The third kappa shape index (κ3) is 1.70. The molecule has 0 amide bonds. The Bertz CT molecular complexity index is 390. The van der Waals surface area contributed by atoms with Crippen LogP contribution in [0.2, 0.25) is 5.02 Å². The monoisotopic (exact) mass is 229 g/mol. The number of methoxy groups -OCH3 is 1. The molecule has 15 heavy (non-hydrogen) atoms. The van der Waals surface area contributed by atoms with Crippen molar-refractivity contribution >= 4 is 11.6 Å². The van der Waals surface area contributed by atoms with Crippen LogP contribution in [0.1, 0.15) is 18.4 Å². The quantitative estimate of drug-likeness (QED) is 0.864. The maximum Gasteiger partial charge on any atom is 0.141 e. The number of ether oxygens (including phenoxy) is 1. The van der Waals surface area contributed by atoms with E-state index in [1.54, 1.807) is 0 Å². The molecule has 1 aliphatic rings. The molecule has 0 atom stereocenters. The van der Waals surface area contributed by atoms with Gasteiger partial charge >= 0.3 is 0 Å². The van der Waals surface area contributed by atoms with Gasteiger partial charge in [-0.1, -0.05) is 11.6 Å². The molecule has 0 bridgehead atoms. The largest absolute Gasteiger partial charge is 0.495 e. The molecule has 2 rings (SSSR count). The fourth-order valence-corrected chi connectivity index (χ4v) is 2.18. The predicted octanol–water partition coefficient (Wildman–Crippen LogP) is 2.48. The summed E-state index contributed by atoms with van der Waals surface area (Å²) in [5.74, 6) is 0.219. The first-order valence-corrected chi connectivity index (χ1v) is 5.24. The molecule has 1 aliphatic carbocycles. The highest BCUT2D eigenvalue weighted by atomic mass is 35.5. The van der Waals surface area contributed by atoms with E-state index in [0.29, 0.717) is 17.3 Å². The van der Waals surface area contributed by atoms with Crippen molar-refractivity contribution in [2.75, 3.05) is 13.7 Å². The van der Waals surface area contributed by atoms with Gasteiger partial charge in [0.1, 0.15) is 11.6 Å². The topological polar surface area (TPSA) is 35.2 Å². The van der Waals surface area contributed by atoms with Crippen molar-refractivity contribution in [3.8, 4) is 5.75 Å². The number of nitrogens with two attached hydrogens (primary N) is 1. The van der Waals surface area contributed by atoms with Gasteiger partial charge in [0.2, 0.25) is 0 Å². The summed E-state index contributed by atoms with van der Waals surface area (Å²) < 4.78 is 18.5. The van der Waals surface area contributed by atoms with E-state index in [-0.39, 0.29) is 11.2 Å². The minimum atomic E-state index is -0.337. The Morgan fingerprint density at radius 3 is 2.67 bits per heavy atom. The summed E-state index contributed by atoms with van der Waals surface area (Å²) in [6.07, 6.45) is 1.94. The van der Waals surface area contributed by atoms with Gasteiger partial charge < -0.3 is 10.5 Å². The molecule has 0 spiro atoms. The molecule has 1 aromatic rings. The van der Waals surface area contributed by atoms with Crippen LogP contribution in [0.4, 0.5) is 4.39 Å². The van der Waals surface area contributed by atoms with Crippen LogP contribution in [-0.2, 0) is 5.41 Å². The zero-order valence-corrected chi connectivity index (χ0v) is 9.27. The van der Waals surface area contributed by atoms with E-state index in [1.807, 2.05) is 0 Å². The molecule has 1 aromatic carbocycles. The number of hydrogen-bond acceptors (Lipinski definition) is 2. The van der Waals surface area contributed by atoms with Crippen molar-refractivity contribution < 1.29 is 9.13 Å². The molecule has 0 radical (unpaired) electrons. The second-order valence-electron chi connectivity index (χ2n) is 3.95. The molecule has 0 unspecified atom stereocenters. The van der Waals surface area contributed by atoms with E-state index in [2.05, 4.69) is 0 Å². The fraction of sp³-hybridized carbons (Fsp3) is 0.455. The van der Waals surface area contributed by atoms with Crippen LogP contribution in [0, 0.1) is 5.82 Å². The predicted molar refractivity (Wildman–Crippen MR) is 57.9 cm³/mol. The van der Waals surface area contributed by atoms with Crippen LogP contribution in [0.5, 0.6) is 5.75 Å². The summed E-state index contributed by atoms with van der Waals surface area (Å²) in [4.78, 5) is 0. The van der Waals surface area contributed by atoms with Gasteiger partial charge in [0.05, 0.1) is 12.1 Å². The van der Waals surface area contributed by atoms with Crippen molar-refractivity contribution in [3.63, 3.8) is 0 Å². The summed E-state index contributed by atoms with van der Waals surface area (Å²) in [7, 11) is 1.54. The van der Waals surface area contributed by atoms with Crippen molar-refractivity contribution in [2.45, 2.75) is 18.3 Å². The van der Waals surface area contributed by atoms with E-state index in [1.165, 1.54) is 19.2 Å².